The highest BCUT2D eigenvalue weighted by atomic mass is 16.5. The third kappa shape index (κ3) is 8.60. The molecule has 4 unspecified atom stereocenters. The lowest BCUT2D eigenvalue weighted by molar-refractivity contribution is -0.143. The number of carbonyl (C=O) groups excluding carboxylic acids is 4. The van der Waals surface area contributed by atoms with Crippen LogP contribution in [0.2, 0.25) is 0 Å². The Balaban J connectivity index is 0.915. The zero-order chi connectivity index (χ0) is 43.5. The number of aromatic nitrogens is 4. The maximum absolute atomic E-state index is 14.1. The second kappa shape index (κ2) is 18.2. The van der Waals surface area contributed by atoms with Crippen molar-refractivity contribution in [3.05, 3.63) is 121 Å². The first-order chi connectivity index (χ1) is 30.8. The van der Waals surface area contributed by atoms with Crippen LogP contribution in [0.4, 0.5) is 9.59 Å². The second-order valence-electron chi connectivity index (χ2n) is 16.2. The largest absolute Gasteiger partial charge is 0.453 e. The molecule has 5 aromatic rings. The fourth-order valence-electron chi connectivity index (χ4n) is 9.07. The number of methoxy groups -OCH3 is 2. The Morgan fingerprint density at radius 3 is 1.95 bits per heavy atom. The molecule has 15 heteroatoms. The smallest absolute Gasteiger partial charge is 0.407 e. The van der Waals surface area contributed by atoms with Crippen molar-refractivity contribution in [1.29, 1.82) is 0 Å². The van der Waals surface area contributed by atoms with Crippen LogP contribution in [0.15, 0.2) is 109 Å². The summed E-state index contributed by atoms with van der Waals surface area (Å²) in [6.07, 6.45) is 19.4. The predicted octanol–water partition coefficient (Wildman–Crippen LogP) is 7.05. The number of benzene rings is 3. The molecule has 63 heavy (non-hydrogen) atoms. The van der Waals surface area contributed by atoms with Crippen LogP contribution in [0, 0.1) is 11.8 Å². The van der Waals surface area contributed by atoms with Crippen LogP contribution in [-0.4, -0.2) is 106 Å². The molecular formula is C48H50N8O7. The van der Waals surface area contributed by atoms with Crippen LogP contribution in [-0.2, 0) is 23.8 Å². The van der Waals surface area contributed by atoms with Gasteiger partial charge in [-0.2, -0.15) is 0 Å². The number of rotatable bonds is 10. The first-order valence-electron chi connectivity index (χ1n) is 21.4. The second-order valence-corrected chi connectivity index (χ2v) is 16.2. The van der Waals surface area contributed by atoms with Crippen molar-refractivity contribution in [1.82, 2.24) is 40.4 Å². The molecule has 0 radical (unpaired) electrons. The minimum absolute atomic E-state index is 0.168. The Hall–Kier alpha value is -7.00. The molecule has 324 valence electrons. The average Bonchev–Trinajstić information content (AvgIpc) is 4.13. The molecule has 3 aromatic carbocycles. The van der Waals surface area contributed by atoms with Gasteiger partial charge < -0.3 is 44.6 Å². The third-order valence-corrected chi connectivity index (χ3v) is 12.4. The summed E-state index contributed by atoms with van der Waals surface area (Å²) in [5, 5.41) is 7.65. The zero-order valence-electron chi connectivity index (χ0n) is 35.2. The number of fused-ring (bicyclic) bond motifs is 2. The van der Waals surface area contributed by atoms with Gasteiger partial charge in [-0.3, -0.25) is 9.59 Å². The van der Waals surface area contributed by atoms with Crippen LogP contribution >= 0.6 is 0 Å². The zero-order valence-corrected chi connectivity index (χ0v) is 35.2. The number of carbonyl (C=O) groups is 4. The number of H-pyrrole nitrogens is 2. The highest BCUT2D eigenvalue weighted by Crippen LogP contribution is 2.35. The van der Waals surface area contributed by atoms with Gasteiger partial charge in [0.25, 0.3) is 0 Å². The summed E-state index contributed by atoms with van der Waals surface area (Å²) in [7, 11) is 2.58. The van der Waals surface area contributed by atoms with Gasteiger partial charge in [-0.25, -0.2) is 19.6 Å². The van der Waals surface area contributed by atoms with E-state index in [2.05, 4.69) is 63.1 Å². The van der Waals surface area contributed by atoms with E-state index < -0.39 is 30.3 Å². The van der Waals surface area contributed by atoms with E-state index >= 15 is 0 Å². The fourth-order valence-corrected chi connectivity index (χ4v) is 9.07. The first-order valence-corrected chi connectivity index (χ1v) is 21.4. The number of likely N-dealkylation sites (tertiary alicyclic amines) is 1. The summed E-state index contributed by atoms with van der Waals surface area (Å²) in [5.41, 5.74) is 5.44. The molecule has 0 bridgehead atoms. The molecule has 0 saturated carbocycles. The normalized spacial score (nSPS) is 20.0. The number of alkyl carbamates (subject to hydrolysis) is 2. The monoisotopic (exact) mass is 850 g/mol. The van der Waals surface area contributed by atoms with Crippen molar-refractivity contribution in [3.8, 4) is 22.4 Å². The number of morpholine rings is 1. The van der Waals surface area contributed by atoms with Crippen LogP contribution < -0.4 is 10.6 Å². The van der Waals surface area contributed by atoms with Crippen LogP contribution in [0.3, 0.4) is 0 Å². The van der Waals surface area contributed by atoms with Crippen LogP contribution in [0.5, 0.6) is 0 Å². The summed E-state index contributed by atoms with van der Waals surface area (Å²) in [4.78, 5) is 73.0. The first kappa shape index (κ1) is 41.4. The molecule has 2 aliphatic heterocycles. The van der Waals surface area contributed by atoms with E-state index in [1.165, 1.54) is 14.2 Å². The molecule has 4 heterocycles. The number of hydrogen-bond donors (Lipinski definition) is 4. The van der Waals surface area contributed by atoms with E-state index in [1.54, 1.807) is 4.90 Å². The third-order valence-electron chi connectivity index (χ3n) is 12.4. The van der Waals surface area contributed by atoms with Crippen molar-refractivity contribution in [2.75, 3.05) is 40.5 Å². The van der Waals surface area contributed by atoms with Crippen molar-refractivity contribution >= 4 is 45.8 Å². The Morgan fingerprint density at radius 1 is 0.714 bits per heavy atom. The molecule has 9 rings (SSSR count). The van der Waals surface area contributed by atoms with Crippen molar-refractivity contribution < 1.29 is 33.4 Å². The Morgan fingerprint density at radius 2 is 1.30 bits per heavy atom. The van der Waals surface area contributed by atoms with E-state index in [4.69, 9.17) is 24.2 Å². The van der Waals surface area contributed by atoms with Crippen LogP contribution in [0.25, 0.3) is 44.2 Å². The van der Waals surface area contributed by atoms with Gasteiger partial charge in [0.05, 0.1) is 56.4 Å². The highest BCUT2D eigenvalue weighted by Gasteiger charge is 2.40. The number of allylic oxidation sites excluding steroid dienone is 4. The summed E-state index contributed by atoms with van der Waals surface area (Å²) in [6, 6.07) is 16.4. The molecule has 15 nitrogen and oxygen atoms in total. The average molecular weight is 851 g/mol. The van der Waals surface area contributed by atoms with Gasteiger partial charge in [-0.05, 0) is 71.8 Å². The number of amides is 4. The number of nitrogens with one attached hydrogen (secondary N) is 4. The van der Waals surface area contributed by atoms with Gasteiger partial charge >= 0.3 is 12.2 Å². The molecule has 4 aliphatic rings. The van der Waals surface area contributed by atoms with Gasteiger partial charge in [0.1, 0.15) is 29.8 Å². The Labute approximate surface area is 364 Å². The van der Waals surface area contributed by atoms with E-state index in [1.807, 2.05) is 71.8 Å². The van der Waals surface area contributed by atoms with E-state index in [0.717, 1.165) is 69.9 Å². The minimum Gasteiger partial charge on any atom is -0.453 e. The quantitative estimate of drug-likeness (QED) is 0.107. The molecule has 2 aliphatic carbocycles. The lowest BCUT2D eigenvalue weighted by atomic mass is 9.93. The van der Waals surface area contributed by atoms with Gasteiger partial charge in [-0.15, -0.1) is 0 Å². The molecule has 2 aromatic heterocycles. The molecular weight excluding hydrogens is 801 g/mol. The molecule has 4 atom stereocenters. The number of nitrogens with zero attached hydrogens (tertiary/aromatic N) is 4. The topological polar surface area (TPSA) is 184 Å². The maximum Gasteiger partial charge on any atom is 0.407 e. The number of ether oxygens (including phenoxy) is 3. The number of imidazole rings is 2. The molecule has 4 N–H and O–H groups in total. The van der Waals surface area contributed by atoms with Gasteiger partial charge in [0.2, 0.25) is 11.8 Å². The van der Waals surface area contributed by atoms with E-state index in [0.29, 0.717) is 31.3 Å². The molecule has 0 spiro atoms. The van der Waals surface area contributed by atoms with Crippen LogP contribution in [0.1, 0.15) is 49.4 Å². The maximum atomic E-state index is 14.1. The molecule has 4 amide bonds. The molecule has 2 fully saturated rings. The van der Waals surface area contributed by atoms with Gasteiger partial charge in [-0.1, -0.05) is 78.9 Å². The number of hydrogen-bond acceptors (Lipinski definition) is 9. The van der Waals surface area contributed by atoms with E-state index in [9.17, 15) is 19.2 Å². The molecule has 2 saturated heterocycles. The summed E-state index contributed by atoms with van der Waals surface area (Å²) in [6.45, 7) is 1.55. The summed E-state index contributed by atoms with van der Waals surface area (Å²) in [5.74, 6) is 0.325. The SMILES string of the molecule is COC(=O)NC(C(=O)N1CCCC1c1ncc(-c2ccc3cc(-c4ccc5nc(C6COCCN6C(=O)C(NC(=O)OC)C6C=CCC=C6)[nH]c5c4)ccc3c2)[nH]1)C1C=CCC=C1. The van der Waals surface area contributed by atoms with Gasteiger partial charge in [0.15, 0.2) is 0 Å². The predicted molar refractivity (Wildman–Crippen MR) is 237 cm³/mol. The Bertz CT molecular complexity index is 2640. The van der Waals surface area contributed by atoms with Gasteiger partial charge in [0, 0.05) is 30.5 Å². The summed E-state index contributed by atoms with van der Waals surface area (Å²) >= 11 is 0. The van der Waals surface area contributed by atoms with Crippen molar-refractivity contribution in [2.45, 2.75) is 49.9 Å². The van der Waals surface area contributed by atoms with Crippen molar-refractivity contribution in [2.24, 2.45) is 11.8 Å². The lowest BCUT2D eigenvalue weighted by Gasteiger charge is -2.37. The number of aromatic amines is 2. The van der Waals surface area contributed by atoms with E-state index in [-0.39, 0.29) is 36.3 Å². The Kier molecular flexibility index (Phi) is 11.9. The summed E-state index contributed by atoms with van der Waals surface area (Å²) < 4.78 is 15.6. The lowest BCUT2D eigenvalue weighted by Crippen LogP contribution is -2.55. The van der Waals surface area contributed by atoms with Crippen molar-refractivity contribution in [3.63, 3.8) is 0 Å². The minimum atomic E-state index is -0.845. The standard InChI is InChI=1S/C48H50N8O7/c1-61-47(59)53-41(29-10-5-3-6-11-29)45(57)55-21-9-14-39(55)43-49-27-38(52-43)35-18-17-31-24-32(15-16-33(31)25-35)34-19-20-36-37(26-34)51-44(50-36)40-28-63-23-22-56(40)46(58)42(54-48(60)62-2)30-12-7-4-8-13-30/h5-8,10-13,15-20,24-27,29-30,39-42H,3-4,9,14,21-23,28H2,1-2H3,(H,49,52)(H,50,51)(H,53,59)(H,54,60). The fraction of sp³-hybridized carbons (Fsp3) is 0.333. The highest BCUT2D eigenvalue weighted by molar-refractivity contribution is 5.92.